The van der Waals surface area contributed by atoms with Crippen molar-refractivity contribution in [2.75, 3.05) is 37.6 Å². The zero-order valence-electron chi connectivity index (χ0n) is 12.8. The van der Waals surface area contributed by atoms with Crippen molar-refractivity contribution in [2.45, 2.75) is 24.7 Å². The van der Waals surface area contributed by atoms with Crippen LogP contribution in [0.15, 0.2) is 23.1 Å². The van der Waals surface area contributed by atoms with Crippen molar-refractivity contribution in [2.24, 2.45) is 5.14 Å². The van der Waals surface area contributed by atoms with Gasteiger partial charge in [0.1, 0.15) is 6.07 Å². The molecule has 2 N–H and O–H groups in total. The summed E-state index contributed by atoms with van der Waals surface area (Å²) in [7, 11) is -3.78. The fourth-order valence-electron chi connectivity index (χ4n) is 2.81. The summed E-state index contributed by atoms with van der Waals surface area (Å²) in [5, 5.41) is 14.5. The second-order valence-electron chi connectivity index (χ2n) is 5.52. The average Bonchev–Trinajstić information content (AvgIpc) is 2.71. The van der Waals surface area contributed by atoms with E-state index in [1.54, 1.807) is 6.07 Å². The number of hydrogen-bond donors (Lipinski definition) is 1. The summed E-state index contributed by atoms with van der Waals surface area (Å²) in [6.45, 7) is 6.97. The van der Waals surface area contributed by atoms with Crippen LogP contribution in [0.3, 0.4) is 0 Å². The first-order valence-electron chi connectivity index (χ1n) is 7.50. The number of anilines is 1. The maximum absolute atomic E-state index is 11.4. The van der Waals surface area contributed by atoms with Crippen LogP contribution >= 0.6 is 0 Å². The predicted octanol–water partition coefficient (Wildman–Crippen LogP) is 1.13. The number of rotatable bonds is 4. The van der Waals surface area contributed by atoms with Gasteiger partial charge in [-0.25, -0.2) is 13.6 Å². The van der Waals surface area contributed by atoms with Crippen molar-refractivity contribution in [3.05, 3.63) is 23.8 Å². The Labute approximate surface area is 132 Å². The molecule has 0 radical (unpaired) electrons. The molecule has 6 nitrogen and oxygen atoms in total. The molecule has 2 rings (SSSR count). The van der Waals surface area contributed by atoms with Crippen LogP contribution in [-0.2, 0) is 10.0 Å². The highest BCUT2D eigenvalue weighted by Crippen LogP contribution is 2.24. The number of nitrogens with zero attached hydrogens (tertiary/aromatic N) is 3. The molecule has 1 saturated heterocycles. The number of hydrogen-bond acceptors (Lipinski definition) is 5. The van der Waals surface area contributed by atoms with E-state index in [1.165, 1.54) is 12.1 Å². The summed E-state index contributed by atoms with van der Waals surface area (Å²) in [6.07, 6.45) is 2.16. The molecule has 120 valence electrons. The van der Waals surface area contributed by atoms with Gasteiger partial charge < -0.3 is 9.80 Å². The minimum Gasteiger partial charge on any atom is -0.369 e. The number of nitriles is 1. The van der Waals surface area contributed by atoms with Crippen molar-refractivity contribution >= 4 is 15.7 Å². The Bertz CT molecular complexity index is 667. The van der Waals surface area contributed by atoms with Gasteiger partial charge in [0.05, 0.1) is 16.1 Å². The molecule has 22 heavy (non-hydrogen) atoms. The molecule has 0 amide bonds. The minimum atomic E-state index is -3.78. The van der Waals surface area contributed by atoms with E-state index < -0.39 is 10.0 Å². The molecule has 1 fully saturated rings. The lowest BCUT2D eigenvalue weighted by Gasteiger charge is -2.24. The zero-order valence-corrected chi connectivity index (χ0v) is 13.6. The Morgan fingerprint density at radius 1 is 1.27 bits per heavy atom. The smallest absolute Gasteiger partial charge is 0.238 e. The van der Waals surface area contributed by atoms with Gasteiger partial charge in [-0.15, -0.1) is 0 Å². The Morgan fingerprint density at radius 3 is 2.68 bits per heavy atom. The van der Waals surface area contributed by atoms with Crippen molar-refractivity contribution in [1.82, 2.24) is 4.90 Å². The Morgan fingerprint density at radius 2 is 2.05 bits per heavy atom. The van der Waals surface area contributed by atoms with E-state index in [4.69, 9.17) is 5.14 Å². The van der Waals surface area contributed by atoms with Gasteiger partial charge in [0.25, 0.3) is 0 Å². The van der Waals surface area contributed by atoms with E-state index in [1.807, 2.05) is 0 Å². The van der Waals surface area contributed by atoms with Gasteiger partial charge in [0.2, 0.25) is 10.0 Å². The van der Waals surface area contributed by atoms with E-state index in [0.717, 1.165) is 51.3 Å². The second-order valence-corrected chi connectivity index (χ2v) is 7.08. The molecular weight excluding hydrogens is 300 g/mol. The van der Waals surface area contributed by atoms with Crippen LogP contribution in [0.5, 0.6) is 0 Å². The second kappa shape index (κ2) is 7.09. The third kappa shape index (κ3) is 3.97. The van der Waals surface area contributed by atoms with Crippen LogP contribution in [0.25, 0.3) is 0 Å². The summed E-state index contributed by atoms with van der Waals surface area (Å²) in [4.78, 5) is 4.56. The zero-order chi connectivity index (χ0) is 16.2. The molecule has 1 aromatic carbocycles. The van der Waals surface area contributed by atoms with Crippen LogP contribution in [0, 0.1) is 11.3 Å². The fourth-order valence-corrected chi connectivity index (χ4v) is 3.35. The lowest BCUT2D eigenvalue weighted by molar-refractivity contribution is 0.294. The Balaban J connectivity index is 2.24. The van der Waals surface area contributed by atoms with Crippen molar-refractivity contribution < 1.29 is 8.42 Å². The first-order chi connectivity index (χ1) is 10.5. The third-order valence-electron chi connectivity index (χ3n) is 3.89. The quantitative estimate of drug-likeness (QED) is 0.897. The minimum absolute atomic E-state index is 0.0183. The summed E-state index contributed by atoms with van der Waals surface area (Å²) in [5.74, 6) is 0. The monoisotopic (exact) mass is 322 g/mol. The van der Waals surface area contributed by atoms with Gasteiger partial charge in [-0.1, -0.05) is 6.92 Å². The van der Waals surface area contributed by atoms with Crippen LogP contribution in [0.1, 0.15) is 25.3 Å². The van der Waals surface area contributed by atoms with Gasteiger partial charge in [0, 0.05) is 19.6 Å². The molecule has 0 bridgehead atoms. The molecule has 1 heterocycles. The van der Waals surface area contributed by atoms with E-state index in [2.05, 4.69) is 22.8 Å². The molecule has 0 aliphatic carbocycles. The maximum Gasteiger partial charge on any atom is 0.238 e. The molecule has 0 unspecified atom stereocenters. The van der Waals surface area contributed by atoms with Gasteiger partial charge in [-0.3, -0.25) is 0 Å². The summed E-state index contributed by atoms with van der Waals surface area (Å²) >= 11 is 0. The Hall–Kier alpha value is -1.62. The standard InChI is InChI=1S/C15H22N4O2S/c1-2-6-18-7-3-8-19(10-9-18)15-5-4-14(22(17,20)21)11-13(15)12-16/h4-5,11H,2-3,6-10H2,1H3,(H2,17,20,21). The normalized spacial score (nSPS) is 17.0. The molecule has 0 saturated carbocycles. The first kappa shape index (κ1) is 16.7. The van der Waals surface area contributed by atoms with Crippen molar-refractivity contribution in [3.8, 4) is 6.07 Å². The van der Waals surface area contributed by atoms with Crippen LogP contribution in [-0.4, -0.2) is 46.0 Å². The summed E-state index contributed by atoms with van der Waals surface area (Å²) < 4.78 is 22.8. The maximum atomic E-state index is 11.4. The van der Waals surface area contributed by atoms with Crippen molar-refractivity contribution in [1.29, 1.82) is 5.26 Å². The molecule has 1 aliphatic rings. The van der Waals surface area contributed by atoms with E-state index in [9.17, 15) is 13.7 Å². The lowest BCUT2D eigenvalue weighted by Crippen LogP contribution is -2.31. The van der Waals surface area contributed by atoms with Crippen molar-refractivity contribution in [3.63, 3.8) is 0 Å². The summed E-state index contributed by atoms with van der Waals surface area (Å²) in [6, 6.07) is 6.61. The lowest BCUT2D eigenvalue weighted by atomic mass is 10.1. The average molecular weight is 322 g/mol. The number of primary sulfonamides is 1. The van der Waals surface area contributed by atoms with E-state index in [0.29, 0.717) is 5.56 Å². The highest BCUT2D eigenvalue weighted by molar-refractivity contribution is 7.89. The largest absolute Gasteiger partial charge is 0.369 e. The topological polar surface area (TPSA) is 90.4 Å². The Kier molecular flexibility index (Phi) is 5.40. The molecule has 1 aromatic rings. The molecular formula is C15H22N4O2S. The van der Waals surface area contributed by atoms with Gasteiger partial charge in [-0.05, 0) is 44.1 Å². The van der Waals surface area contributed by atoms with Crippen LogP contribution < -0.4 is 10.0 Å². The number of nitrogens with two attached hydrogens (primary N) is 1. The number of benzene rings is 1. The first-order valence-corrected chi connectivity index (χ1v) is 9.04. The molecule has 0 atom stereocenters. The molecule has 1 aliphatic heterocycles. The van der Waals surface area contributed by atoms with Gasteiger partial charge in [0.15, 0.2) is 0 Å². The highest BCUT2D eigenvalue weighted by Gasteiger charge is 2.19. The van der Waals surface area contributed by atoms with E-state index in [-0.39, 0.29) is 4.90 Å². The molecule has 7 heteroatoms. The highest BCUT2D eigenvalue weighted by atomic mass is 32.2. The van der Waals surface area contributed by atoms with Crippen LogP contribution in [0.2, 0.25) is 0 Å². The summed E-state index contributed by atoms with van der Waals surface area (Å²) in [5.41, 5.74) is 1.14. The number of sulfonamides is 1. The predicted molar refractivity (Wildman–Crippen MR) is 86.1 cm³/mol. The molecule has 0 spiro atoms. The van der Waals surface area contributed by atoms with Gasteiger partial charge >= 0.3 is 0 Å². The van der Waals surface area contributed by atoms with E-state index >= 15 is 0 Å². The SMILES string of the molecule is CCCN1CCCN(c2ccc(S(N)(=O)=O)cc2C#N)CC1. The molecule has 0 aromatic heterocycles. The third-order valence-corrected chi connectivity index (χ3v) is 4.80. The fraction of sp³-hybridized carbons (Fsp3) is 0.533. The van der Waals surface area contributed by atoms with Gasteiger partial charge in [-0.2, -0.15) is 5.26 Å². The van der Waals surface area contributed by atoms with Crippen LogP contribution in [0.4, 0.5) is 5.69 Å².